The monoisotopic (exact) mass is 770 g/mol. The van der Waals surface area contributed by atoms with Gasteiger partial charge in [0.1, 0.15) is 17.2 Å². The minimum Gasteiger partial charge on any atom is -0.465 e. The van der Waals surface area contributed by atoms with Gasteiger partial charge in [0.25, 0.3) is 0 Å². The van der Waals surface area contributed by atoms with Crippen LogP contribution < -0.4 is 10.2 Å². The van der Waals surface area contributed by atoms with Crippen LogP contribution in [0.15, 0.2) is 97.1 Å². The molecule has 56 heavy (non-hydrogen) atoms. The predicted molar refractivity (Wildman–Crippen MR) is 208 cm³/mol. The zero-order chi connectivity index (χ0) is 40.5. The Balaban J connectivity index is 0.000000265. The highest BCUT2D eigenvalue weighted by molar-refractivity contribution is 5.93. The molecule has 0 radical (unpaired) electrons. The van der Waals surface area contributed by atoms with Crippen LogP contribution in [0.1, 0.15) is 65.5 Å². The van der Waals surface area contributed by atoms with Crippen LogP contribution in [0.25, 0.3) is 0 Å². The first kappa shape index (κ1) is 41.2. The number of urea groups is 1. The van der Waals surface area contributed by atoms with Crippen molar-refractivity contribution in [1.29, 1.82) is 0 Å². The maximum Gasteiger partial charge on any atom is 0.410 e. The van der Waals surface area contributed by atoms with Gasteiger partial charge in [-0.15, -0.1) is 0 Å². The fraction of sp³-hybridized carbons (Fsp3) is 0.349. The molecule has 0 aliphatic carbocycles. The Labute approximate surface area is 326 Å². The highest BCUT2D eigenvalue weighted by atomic mass is 19.1. The summed E-state index contributed by atoms with van der Waals surface area (Å²) >= 11 is 0. The topological polar surface area (TPSA) is 118 Å². The third kappa shape index (κ3) is 10.6. The first-order valence-electron chi connectivity index (χ1n) is 18.3. The van der Waals surface area contributed by atoms with Gasteiger partial charge in [-0.2, -0.15) is 0 Å². The van der Waals surface area contributed by atoms with E-state index in [-0.39, 0.29) is 35.2 Å². The lowest BCUT2D eigenvalue weighted by Crippen LogP contribution is -2.64. The first-order chi connectivity index (χ1) is 26.7. The number of para-hydroxylation sites is 2. The number of hydrogen-bond donors (Lipinski definition) is 1. The summed E-state index contributed by atoms with van der Waals surface area (Å²) in [6.07, 6.45) is 1.29. The van der Waals surface area contributed by atoms with Crippen molar-refractivity contribution in [3.63, 3.8) is 0 Å². The quantitative estimate of drug-likeness (QED) is 0.141. The average molecular weight is 771 g/mol. The van der Waals surface area contributed by atoms with E-state index in [1.807, 2.05) is 81.4 Å². The molecule has 2 heterocycles. The minimum atomic E-state index is -0.620. The normalized spacial score (nSPS) is 14.4. The van der Waals surface area contributed by atoms with Crippen molar-refractivity contribution >= 4 is 35.4 Å². The van der Waals surface area contributed by atoms with E-state index in [0.717, 1.165) is 24.6 Å². The number of methoxy groups -OCH3 is 2. The van der Waals surface area contributed by atoms with Gasteiger partial charge in [-0.05, 0) is 82.1 Å². The molecule has 0 aromatic heterocycles. The van der Waals surface area contributed by atoms with Gasteiger partial charge in [0.2, 0.25) is 0 Å². The second kappa shape index (κ2) is 18.1. The van der Waals surface area contributed by atoms with Gasteiger partial charge >= 0.3 is 24.1 Å². The largest absolute Gasteiger partial charge is 0.465 e. The lowest BCUT2D eigenvalue weighted by molar-refractivity contribution is -0.0311. The van der Waals surface area contributed by atoms with Gasteiger partial charge < -0.3 is 29.3 Å². The van der Waals surface area contributed by atoms with Crippen molar-refractivity contribution in [3.8, 4) is 0 Å². The second-order valence-electron chi connectivity index (χ2n) is 14.8. The molecule has 1 N–H and O–H groups in total. The van der Waals surface area contributed by atoms with Crippen molar-refractivity contribution in [2.75, 3.05) is 50.6 Å². The highest BCUT2D eigenvalue weighted by Crippen LogP contribution is 2.41. The third-order valence-corrected chi connectivity index (χ3v) is 9.63. The number of rotatable bonds is 8. The van der Waals surface area contributed by atoms with E-state index in [1.165, 1.54) is 32.4 Å². The van der Waals surface area contributed by atoms with Crippen LogP contribution in [0.3, 0.4) is 0 Å². The minimum absolute atomic E-state index is 0.0199. The molecule has 2 fully saturated rings. The van der Waals surface area contributed by atoms with E-state index < -0.39 is 29.2 Å². The van der Waals surface area contributed by atoms with E-state index >= 15 is 0 Å². The van der Waals surface area contributed by atoms with E-state index in [0.29, 0.717) is 49.5 Å². The number of piperidine rings is 1. The van der Waals surface area contributed by atoms with E-state index in [1.54, 1.807) is 26.8 Å². The summed E-state index contributed by atoms with van der Waals surface area (Å²) in [5.41, 5.74) is 2.13. The second-order valence-corrected chi connectivity index (χ2v) is 14.8. The number of halogens is 2. The fourth-order valence-electron chi connectivity index (χ4n) is 6.53. The molecule has 2 aliphatic rings. The van der Waals surface area contributed by atoms with Gasteiger partial charge in [-0.1, -0.05) is 48.5 Å². The molecule has 0 atom stereocenters. The van der Waals surface area contributed by atoms with Crippen molar-refractivity contribution < 1.29 is 42.2 Å². The lowest BCUT2D eigenvalue weighted by Gasteiger charge is -2.54. The molecule has 2 saturated heterocycles. The highest BCUT2D eigenvalue weighted by Gasteiger charge is 2.48. The standard InChI is InChI=1S/C28H34FN3O5.C15H14FNO2/c1-27(2,3)37-26(35)30-14-12-28(13-15-30)18-31(19-28)25(34)32(22-8-6-5-7-9-22)17-21-11-10-20(16-23(21)29)24(33)36-4;1-19-15(18)11-7-8-12(14(16)9-11)10-17-13-5-3-2-4-6-13/h5-11,16H,12-15,17-19H2,1-4H3;2-9,17H,10H2,1H3. The van der Waals surface area contributed by atoms with Crippen molar-refractivity contribution in [3.05, 3.63) is 131 Å². The Morgan fingerprint density at radius 1 is 0.732 bits per heavy atom. The van der Waals surface area contributed by atoms with Gasteiger partial charge in [-0.25, -0.2) is 28.0 Å². The molecule has 0 unspecified atom stereocenters. The van der Waals surface area contributed by atoms with Crippen LogP contribution in [0, 0.1) is 17.0 Å². The smallest absolute Gasteiger partial charge is 0.410 e. The summed E-state index contributed by atoms with van der Waals surface area (Å²) in [5.74, 6) is -2.16. The summed E-state index contributed by atoms with van der Waals surface area (Å²) in [7, 11) is 2.51. The predicted octanol–water partition coefficient (Wildman–Crippen LogP) is 8.30. The zero-order valence-corrected chi connectivity index (χ0v) is 32.3. The number of ether oxygens (including phenoxy) is 3. The molecule has 4 aromatic rings. The number of nitrogens with zero attached hydrogens (tertiary/aromatic N) is 3. The Bertz CT molecular complexity index is 1990. The molecular weight excluding hydrogens is 722 g/mol. The number of anilines is 2. The van der Waals surface area contributed by atoms with E-state index in [9.17, 15) is 28.0 Å². The molecule has 11 nitrogen and oxygen atoms in total. The average Bonchev–Trinajstić information content (AvgIpc) is 3.18. The maximum atomic E-state index is 14.9. The molecule has 3 amide bonds. The molecule has 2 aliphatic heterocycles. The number of nitrogens with one attached hydrogen (secondary N) is 1. The van der Waals surface area contributed by atoms with Crippen LogP contribution in [0.5, 0.6) is 0 Å². The molecule has 1 spiro atoms. The number of benzene rings is 4. The summed E-state index contributed by atoms with van der Waals surface area (Å²) < 4.78 is 43.4. The maximum absolute atomic E-state index is 14.9. The summed E-state index contributed by atoms with van der Waals surface area (Å²) in [4.78, 5) is 54.0. The van der Waals surface area contributed by atoms with Crippen molar-refractivity contribution in [2.45, 2.75) is 52.3 Å². The molecule has 6 rings (SSSR count). The Morgan fingerprint density at radius 2 is 1.25 bits per heavy atom. The van der Waals surface area contributed by atoms with Crippen LogP contribution in [0.2, 0.25) is 0 Å². The summed E-state index contributed by atoms with van der Waals surface area (Å²) in [6.45, 7) is 8.29. The van der Waals surface area contributed by atoms with Gasteiger partial charge in [-0.3, -0.25) is 4.90 Å². The molecule has 296 valence electrons. The Morgan fingerprint density at radius 3 is 1.75 bits per heavy atom. The summed E-state index contributed by atoms with van der Waals surface area (Å²) in [5, 5.41) is 3.11. The Hall–Kier alpha value is -5.98. The van der Waals surface area contributed by atoms with Crippen LogP contribution >= 0.6 is 0 Å². The van der Waals surface area contributed by atoms with Crippen LogP contribution in [-0.4, -0.2) is 79.9 Å². The van der Waals surface area contributed by atoms with Gasteiger partial charge in [0.05, 0.1) is 31.9 Å². The number of esters is 2. The zero-order valence-electron chi connectivity index (χ0n) is 32.3. The third-order valence-electron chi connectivity index (χ3n) is 9.63. The summed E-state index contributed by atoms with van der Waals surface area (Å²) in [6, 6.07) is 26.9. The molecule has 0 bridgehead atoms. The number of amides is 3. The lowest BCUT2D eigenvalue weighted by atomic mass is 9.72. The van der Waals surface area contributed by atoms with Gasteiger partial charge in [0.15, 0.2) is 0 Å². The number of carbonyl (C=O) groups excluding carboxylic acids is 4. The van der Waals surface area contributed by atoms with E-state index in [2.05, 4.69) is 14.8 Å². The SMILES string of the molecule is COC(=O)c1ccc(CN(C(=O)N2CC3(CCN(C(=O)OC(C)(C)C)CC3)C2)c2ccccc2)c(F)c1.COC(=O)c1ccc(CNc2ccccc2)c(F)c1. The van der Waals surface area contributed by atoms with Crippen LogP contribution in [0.4, 0.5) is 29.7 Å². The molecular formula is C43H48F2N4O7. The van der Waals surface area contributed by atoms with Crippen molar-refractivity contribution in [1.82, 2.24) is 9.80 Å². The molecule has 13 heteroatoms. The van der Waals surface area contributed by atoms with E-state index in [4.69, 9.17) is 4.74 Å². The fourth-order valence-corrected chi connectivity index (χ4v) is 6.53. The van der Waals surface area contributed by atoms with Crippen LogP contribution in [-0.2, 0) is 27.3 Å². The number of hydrogen-bond acceptors (Lipinski definition) is 8. The molecule has 4 aromatic carbocycles. The number of carbonyl (C=O) groups is 4. The first-order valence-corrected chi connectivity index (χ1v) is 18.3. The number of likely N-dealkylation sites (tertiary alicyclic amines) is 2. The van der Waals surface area contributed by atoms with Crippen molar-refractivity contribution in [2.24, 2.45) is 5.41 Å². The Kier molecular flexibility index (Phi) is 13.3. The van der Waals surface area contributed by atoms with Gasteiger partial charge in [0, 0.05) is 60.6 Å². The molecule has 0 saturated carbocycles.